The Balaban J connectivity index is 1.80. The maximum Gasteiger partial charge on any atom is 0.244 e. The predicted octanol–water partition coefficient (Wildman–Crippen LogP) is 3.00. The Bertz CT molecular complexity index is 961. The Hall–Kier alpha value is -2.21. The van der Waals surface area contributed by atoms with Gasteiger partial charge in [-0.05, 0) is 24.3 Å². The summed E-state index contributed by atoms with van der Waals surface area (Å²) in [4.78, 5) is 1.44. The second-order valence-corrected chi connectivity index (χ2v) is 8.04. The highest BCUT2D eigenvalue weighted by Crippen LogP contribution is 2.29. The third-order valence-electron chi connectivity index (χ3n) is 4.16. The van der Waals surface area contributed by atoms with E-state index < -0.39 is 21.7 Å². The normalized spacial score (nSPS) is 15.7. The smallest absolute Gasteiger partial charge is 0.244 e. The number of hydrogen-bond donors (Lipinski definition) is 0. The van der Waals surface area contributed by atoms with Crippen LogP contribution in [0.5, 0.6) is 0 Å². The number of nitrogens with zero attached hydrogens (tertiary/aromatic N) is 3. The minimum Gasteiger partial charge on any atom is -0.364 e. The molecule has 1 aliphatic rings. The van der Waals surface area contributed by atoms with Crippen LogP contribution in [0.3, 0.4) is 0 Å². The maximum atomic E-state index is 14.1. The van der Waals surface area contributed by atoms with Crippen molar-refractivity contribution in [3.63, 3.8) is 0 Å². The van der Waals surface area contributed by atoms with Crippen LogP contribution in [-0.2, 0) is 10.0 Å². The van der Waals surface area contributed by atoms with Crippen molar-refractivity contribution >= 4 is 27.3 Å². The number of rotatable bonds is 3. The van der Waals surface area contributed by atoms with E-state index in [0.29, 0.717) is 0 Å². The first-order chi connectivity index (χ1) is 12.3. The molecule has 1 saturated heterocycles. The first-order valence-corrected chi connectivity index (χ1v) is 9.55. The summed E-state index contributed by atoms with van der Waals surface area (Å²) in [5, 5.41) is 8.89. The lowest BCUT2D eigenvalue weighted by molar-refractivity contribution is 0.381. The largest absolute Gasteiger partial charge is 0.364 e. The Morgan fingerprint density at radius 2 is 1.62 bits per heavy atom. The summed E-state index contributed by atoms with van der Waals surface area (Å²) in [6.07, 6.45) is 0. The Kier molecular flexibility index (Phi) is 5.14. The highest BCUT2D eigenvalue weighted by atomic mass is 35.5. The second kappa shape index (κ2) is 7.19. The molecule has 0 unspecified atom stereocenters. The van der Waals surface area contributed by atoms with Gasteiger partial charge in [0.1, 0.15) is 10.6 Å². The number of halogens is 3. The van der Waals surface area contributed by atoms with Gasteiger partial charge < -0.3 is 4.90 Å². The molecule has 0 aromatic heterocycles. The van der Waals surface area contributed by atoms with Crippen molar-refractivity contribution in [1.29, 1.82) is 5.26 Å². The molecule has 2 aromatic rings. The third-order valence-corrected chi connectivity index (χ3v) is 6.55. The van der Waals surface area contributed by atoms with Crippen LogP contribution in [0.25, 0.3) is 0 Å². The number of piperazine rings is 1. The Morgan fingerprint density at radius 1 is 1.04 bits per heavy atom. The molecule has 1 fully saturated rings. The van der Waals surface area contributed by atoms with Crippen LogP contribution in [0, 0.1) is 23.0 Å². The topological polar surface area (TPSA) is 64.4 Å². The molecule has 5 nitrogen and oxygen atoms in total. The molecule has 2 aromatic carbocycles. The molecule has 9 heteroatoms. The molecule has 0 bridgehead atoms. The highest BCUT2D eigenvalue weighted by Gasteiger charge is 2.31. The van der Waals surface area contributed by atoms with Crippen molar-refractivity contribution in [2.45, 2.75) is 4.90 Å². The van der Waals surface area contributed by atoms with Crippen molar-refractivity contribution in [3.8, 4) is 6.07 Å². The molecule has 0 aliphatic carbocycles. The third kappa shape index (κ3) is 3.38. The standard InChI is InChI=1S/C17H14ClF2N3O2S/c18-13-3-1-2-4-16(13)26(24,25)23-7-5-22(6-8-23)17-14(19)9-12(11-21)10-15(17)20/h1-4,9-10H,5-8H2. The van der Waals surface area contributed by atoms with E-state index in [1.807, 2.05) is 0 Å². The highest BCUT2D eigenvalue weighted by molar-refractivity contribution is 7.89. The van der Waals surface area contributed by atoms with Crippen LogP contribution >= 0.6 is 11.6 Å². The zero-order chi connectivity index (χ0) is 18.9. The molecule has 0 amide bonds. The van der Waals surface area contributed by atoms with Gasteiger partial charge in [0.25, 0.3) is 0 Å². The van der Waals surface area contributed by atoms with Gasteiger partial charge in [-0.25, -0.2) is 17.2 Å². The SMILES string of the molecule is N#Cc1cc(F)c(N2CCN(S(=O)(=O)c3ccccc3Cl)CC2)c(F)c1. The fourth-order valence-corrected chi connectivity index (χ4v) is 4.79. The van der Waals surface area contributed by atoms with Gasteiger partial charge in [0, 0.05) is 26.2 Å². The summed E-state index contributed by atoms with van der Waals surface area (Å²) >= 11 is 5.98. The number of nitriles is 1. The summed E-state index contributed by atoms with van der Waals surface area (Å²) in [5.41, 5.74) is -0.359. The van der Waals surface area contributed by atoms with Crippen molar-refractivity contribution in [1.82, 2.24) is 4.31 Å². The average Bonchev–Trinajstić information content (AvgIpc) is 2.61. The van der Waals surface area contributed by atoms with Crippen LogP contribution in [0.2, 0.25) is 5.02 Å². The van der Waals surface area contributed by atoms with Gasteiger partial charge in [-0.2, -0.15) is 9.57 Å². The fourth-order valence-electron chi connectivity index (χ4n) is 2.88. The van der Waals surface area contributed by atoms with Gasteiger partial charge in [-0.1, -0.05) is 23.7 Å². The minimum atomic E-state index is -3.79. The molecule has 0 saturated carbocycles. The fraction of sp³-hybridized carbons (Fsp3) is 0.235. The number of sulfonamides is 1. The lowest BCUT2D eigenvalue weighted by Crippen LogP contribution is -2.49. The summed E-state index contributed by atoms with van der Waals surface area (Å²) in [5.74, 6) is -1.69. The molecule has 0 N–H and O–H groups in total. The molecule has 136 valence electrons. The summed E-state index contributed by atoms with van der Waals surface area (Å²) < 4.78 is 55.0. The van der Waals surface area contributed by atoms with E-state index in [9.17, 15) is 17.2 Å². The number of anilines is 1. The van der Waals surface area contributed by atoms with E-state index in [1.165, 1.54) is 21.3 Å². The minimum absolute atomic E-state index is 0.00542. The van der Waals surface area contributed by atoms with Gasteiger partial charge in [0.2, 0.25) is 10.0 Å². The summed E-state index contributed by atoms with van der Waals surface area (Å²) in [7, 11) is -3.79. The average molecular weight is 398 g/mol. The van der Waals surface area contributed by atoms with E-state index in [2.05, 4.69) is 0 Å². The molecule has 26 heavy (non-hydrogen) atoms. The Labute approximate surface area is 155 Å². The molecule has 0 spiro atoms. The molecule has 3 rings (SSSR count). The quantitative estimate of drug-likeness (QED) is 0.798. The second-order valence-electron chi connectivity index (χ2n) is 5.72. The summed E-state index contributed by atoms with van der Waals surface area (Å²) in [6.45, 7) is 0.353. The number of benzene rings is 2. The number of hydrogen-bond acceptors (Lipinski definition) is 4. The molecular weight excluding hydrogens is 384 g/mol. The van der Waals surface area contributed by atoms with Crippen molar-refractivity contribution in [3.05, 3.63) is 58.6 Å². The van der Waals surface area contributed by atoms with Crippen molar-refractivity contribution in [2.75, 3.05) is 31.1 Å². The molecule has 0 atom stereocenters. The van der Waals surface area contributed by atoms with Crippen LogP contribution in [0.4, 0.5) is 14.5 Å². The van der Waals surface area contributed by atoms with Crippen LogP contribution in [-0.4, -0.2) is 38.9 Å². The van der Waals surface area contributed by atoms with Crippen LogP contribution in [0.15, 0.2) is 41.3 Å². The molecule has 1 heterocycles. The van der Waals surface area contributed by atoms with Gasteiger partial charge >= 0.3 is 0 Å². The molecule has 1 aliphatic heterocycles. The van der Waals surface area contributed by atoms with Gasteiger partial charge in [-0.3, -0.25) is 0 Å². The van der Waals surface area contributed by atoms with E-state index in [0.717, 1.165) is 12.1 Å². The van der Waals surface area contributed by atoms with Crippen LogP contribution < -0.4 is 4.90 Å². The van der Waals surface area contributed by atoms with Crippen molar-refractivity contribution in [2.24, 2.45) is 0 Å². The maximum absolute atomic E-state index is 14.1. The van der Waals surface area contributed by atoms with E-state index in [1.54, 1.807) is 18.2 Å². The lowest BCUT2D eigenvalue weighted by atomic mass is 10.1. The zero-order valence-electron chi connectivity index (χ0n) is 13.5. The Morgan fingerprint density at radius 3 is 2.15 bits per heavy atom. The zero-order valence-corrected chi connectivity index (χ0v) is 15.1. The van der Waals surface area contributed by atoms with E-state index >= 15 is 0 Å². The first-order valence-electron chi connectivity index (χ1n) is 7.73. The first kappa shape index (κ1) is 18.6. The van der Waals surface area contributed by atoms with Crippen molar-refractivity contribution < 1.29 is 17.2 Å². The summed E-state index contributed by atoms with van der Waals surface area (Å²) in [6, 6.07) is 9.75. The molecular formula is C17H14ClF2N3O2S. The molecule has 0 radical (unpaired) electrons. The van der Waals surface area contributed by atoms with Gasteiger partial charge in [-0.15, -0.1) is 0 Å². The monoisotopic (exact) mass is 397 g/mol. The van der Waals surface area contributed by atoms with E-state index in [4.69, 9.17) is 16.9 Å². The predicted molar refractivity (Wildman–Crippen MR) is 93.5 cm³/mol. The van der Waals surface area contributed by atoms with Crippen LogP contribution in [0.1, 0.15) is 5.56 Å². The van der Waals surface area contributed by atoms with E-state index in [-0.39, 0.29) is 47.3 Å². The van der Waals surface area contributed by atoms with Gasteiger partial charge in [0.05, 0.1) is 16.7 Å². The van der Waals surface area contributed by atoms with Gasteiger partial charge in [0.15, 0.2) is 11.6 Å². The lowest BCUT2D eigenvalue weighted by Gasteiger charge is -2.35.